The molecule has 0 spiro atoms. The van der Waals surface area contributed by atoms with Crippen molar-refractivity contribution in [2.75, 3.05) is 13.7 Å². The first kappa shape index (κ1) is 25.6. The summed E-state index contributed by atoms with van der Waals surface area (Å²) in [6, 6.07) is 28.0. The Morgan fingerprint density at radius 1 is 0.868 bits per heavy atom. The predicted molar refractivity (Wildman–Crippen MR) is 139 cm³/mol. The molecule has 196 valence electrons. The molecule has 1 fully saturated rings. The van der Waals surface area contributed by atoms with Gasteiger partial charge in [0.05, 0.1) is 13.7 Å². The van der Waals surface area contributed by atoms with Crippen molar-refractivity contribution in [2.45, 2.75) is 30.1 Å². The van der Waals surface area contributed by atoms with E-state index in [4.69, 9.17) is 14.2 Å². The Morgan fingerprint density at radius 2 is 1.50 bits per heavy atom. The third kappa shape index (κ3) is 4.68. The first-order valence-electron chi connectivity index (χ1n) is 12.2. The molecule has 0 amide bonds. The van der Waals surface area contributed by atoms with Gasteiger partial charge in [-0.05, 0) is 28.8 Å². The van der Waals surface area contributed by atoms with Crippen LogP contribution in [0.4, 0.5) is 0 Å². The topological polar surface area (TPSA) is 123 Å². The number of ether oxygens (including phenoxy) is 3. The average Bonchev–Trinajstić information content (AvgIpc) is 3.23. The highest BCUT2D eigenvalue weighted by Crippen LogP contribution is 2.42. The van der Waals surface area contributed by atoms with Crippen LogP contribution >= 0.6 is 0 Å². The van der Waals surface area contributed by atoms with Gasteiger partial charge in [-0.15, -0.1) is 0 Å². The number of hydrogen-bond donors (Lipinski definition) is 3. The van der Waals surface area contributed by atoms with Crippen molar-refractivity contribution >= 4 is 0 Å². The van der Waals surface area contributed by atoms with E-state index in [2.05, 4.69) is 4.98 Å². The molecule has 1 saturated heterocycles. The van der Waals surface area contributed by atoms with Crippen molar-refractivity contribution in [1.29, 1.82) is 0 Å². The summed E-state index contributed by atoms with van der Waals surface area (Å²) in [4.78, 5) is 25.9. The molecule has 38 heavy (non-hydrogen) atoms. The molecular formula is C29H28N2O7. The fraction of sp³-hybridized carbons (Fsp3) is 0.241. The first-order valence-corrected chi connectivity index (χ1v) is 12.2. The van der Waals surface area contributed by atoms with Gasteiger partial charge in [0.1, 0.15) is 29.7 Å². The van der Waals surface area contributed by atoms with Crippen LogP contribution in [0.15, 0.2) is 107 Å². The minimum Gasteiger partial charge on any atom is -0.497 e. The summed E-state index contributed by atoms with van der Waals surface area (Å²) in [5.74, 6) is 0.646. The number of aliphatic hydroxyl groups is 2. The van der Waals surface area contributed by atoms with Crippen molar-refractivity contribution in [1.82, 2.24) is 9.55 Å². The zero-order chi connectivity index (χ0) is 26.7. The van der Waals surface area contributed by atoms with Crippen LogP contribution < -0.4 is 16.0 Å². The molecule has 9 nitrogen and oxygen atoms in total. The van der Waals surface area contributed by atoms with Crippen LogP contribution in [-0.4, -0.2) is 51.8 Å². The highest BCUT2D eigenvalue weighted by molar-refractivity contribution is 5.49. The second kappa shape index (κ2) is 10.8. The molecule has 3 N–H and O–H groups in total. The maximum atomic E-state index is 12.3. The molecule has 3 aromatic carbocycles. The Morgan fingerprint density at radius 3 is 2.11 bits per heavy atom. The van der Waals surface area contributed by atoms with E-state index in [0.717, 1.165) is 27.3 Å². The number of nitrogens with zero attached hydrogens (tertiary/aromatic N) is 1. The lowest BCUT2D eigenvalue weighted by atomic mass is 9.80. The van der Waals surface area contributed by atoms with E-state index in [9.17, 15) is 19.8 Å². The minimum absolute atomic E-state index is 0.131. The van der Waals surface area contributed by atoms with Crippen molar-refractivity contribution in [3.8, 4) is 5.75 Å². The Balaban J connectivity index is 1.55. The van der Waals surface area contributed by atoms with Crippen molar-refractivity contribution in [2.24, 2.45) is 0 Å². The summed E-state index contributed by atoms with van der Waals surface area (Å²) >= 11 is 0. The number of aromatic amines is 1. The van der Waals surface area contributed by atoms with Crippen molar-refractivity contribution < 1.29 is 24.4 Å². The summed E-state index contributed by atoms with van der Waals surface area (Å²) < 4.78 is 19.2. The highest BCUT2D eigenvalue weighted by atomic mass is 16.6. The highest BCUT2D eigenvalue weighted by Gasteiger charge is 2.46. The van der Waals surface area contributed by atoms with Gasteiger partial charge in [0.2, 0.25) is 0 Å². The summed E-state index contributed by atoms with van der Waals surface area (Å²) in [7, 11) is 1.59. The third-order valence-corrected chi connectivity index (χ3v) is 6.76. The van der Waals surface area contributed by atoms with E-state index < -0.39 is 41.4 Å². The number of benzene rings is 3. The molecule has 1 aliphatic heterocycles. The Hall–Kier alpha value is -4.02. The number of rotatable bonds is 8. The number of H-pyrrole nitrogens is 1. The van der Waals surface area contributed by atoms with Gasteiger partial charge in [-0.3, -0.25) is 14.3 Å². The van der Waals surface area contributed by atoms with Crippen LogP contribution in [0.1, 0.15) is 22.9 Å². The van der Waals surface area contributed by atoms with Crippen molar-refractivity contribution in [3.05, 3.63) is 135 Å². The summed E-state index contributed by atoms with van der Waals surface area (Å²) in [6.07, 6.45) is -3.74. The molecule has 5 rings (SSSR count). The molecule has 1 aromatic heterocycles. The third-order valence-electron chi connectivity index (χ3n) is 6.76. The smallest absolute Gasteiger partial charge is 0.330 e. The molecular weight excluding hydrogens is 488 g/mol. The summed E-state index contributed by atoms with van der Waals surface area (Å²) in [6.45, 7) is -0.131. The molecule has 4 atom stereocenters. The van der Waals surface area contributed by atoms with Gasteiger partial charge in [-0.2, -0.15) is 0 Å². The second-order valence-corrected chi connectivity index (χ2v) is 9.02. The molecule has 0 saturated carbocycles. The predicted octanol–water partition coefficient (Wildman–Crippen LogP) is 2.17. The molecule has 0 aliphatic carbocycles. The second-order valence-electron chi connectivity index (χ2n) is 9.02. The van der Waals surface area contributed by atoms with Crippen LogP contribution in [0.5, 0.6) is 5.75 Å². The van der Waals surface area contributed by atoms with E-state index in [-0.39, 0.29) is 6.61 Å². The standard InChI is InChI=1S/C29H28N2O7/c1-36-22-14-8-13-21(17-22)29(19-9-4-2-5-10-19,20-11-6-3-7-12-20)37-18-23-25(33)26(34)27(38-23)31-16-15-24(32)30-28(31)35/h2-17,23,25-27,33-34H,18H2,1H3,(H,30,32,35)/t23-,25-,26-,27-/m1/s1. The van der Waals surface area contributed by atoms with Gasteiger partial charge in [0.15, 0.2) is 6.23 Å². The fourth-order valence-electron chi connectivity index (χ4n) is 4.87. The van der Waals surface area contributed by atoms with Crippen LogP contribution in [-0.2, 0) is 15.1 Å². The first-order chi connectivity index (χ1) is 18.4. The molecule has 0 radical (unpaired) electrons. The lowest BCUT2D eigenvalue weighted by molar-refractivity contribution is -0.0959. The van der Waals surface area contributed by atoms with Gasteiger partial charge < -0.3 is 24.4 Å². The normalized spacial score (nSPS) is 21.3. The number of nitrogens with one attached hydrogen (secondary N) is 1. The maximum absolute atomic E-state index is 12.3. The molecule has 2 heterocycles. The van der Waals surface area contributed by atoms with Crippen molar-refractivity contribution in [3.63, 3.8) is 0 Å². The molecule has 1 aliphatic rings. The molecule has 0 bridgehead atoms. The van der Waals surface area contributed by atoms with E-state index in [1.165, 1.54) is 6.20 Å². The van der Waals surface area contributed by atoms with Crippen LogP contribution in [0, 0.1) is 0 Å². The summed E-state index contributed by atoms with van der Waals surface area (Å²) in [5.41, 5.74) is -0.00193. The SMILES string of the molecule is COc1cccc(C(OC[C@H]2O[C@@H](n3ccc(=O)[nH]c3=O)[C@H](O)[C@@H]2O)(c2ccccc2)c2ccccc2)c1. The van der Waals surface area contributed by atoms with E-state index in [1.807, 2.05) is 84.9 Å². The van der Waals surface area contributed by atoms with Crippen LogP contribution in [0.3, 0.4) is 0 Å². The van der Waals surface area contributed by atoms with Crippen LogP contribution in [0.25, 0.3) is 0 Å². The quantitative estimate of drug-likeness (QED) is 0.307. The van der Waals surface area contributed by atoms with E-state index in [1.54, 1.807) is 7.11 Å². The lowest BCUT2D eigenvalue weighted by Crippen LogP contribution is -2.40. The monoisotopic (exact) mass is 516 g/mol. The Kier molecular flexibility index (Phi) is 7.26. The zero-order valence-electron chi connectivity index (χ0n) is 20.6. The fourth-order valence-corrected chi connectivity index (χ4v) is 4.87. The van der Waals surface area contributed by atoms with Crippen LogP contribution in [0.2, 0.25) is 0 Å². The number of methoxy groups -OCH3 is 1. The zero-order valence-corrected chi connectivity index (χ0v) is 20.6. The molecule has 4 aromatic rings. The van der Waals surface area contributed by atoms with Gasteiger partial charge >= 0.3 is 5.69 Å². The van der Waals surface area contributed by atoms with E-state index >= 15 is 0 Å². The van der Waals surface area contributed by atoms with Gasteiger partial charge in [0.25, 0.3) is 5.56 Å². The molecule has 9 heteroatoms. The largest absolute Gasteiger partial charge is 0.497 e. The Labute approximate surface area is 218 Å². The molecule has 0 unspecified atom stereocenters. The van der Waals surface area contributed by atoms with E-state index in [0.29, 0.717) is 5.75 Å². The van der Waals surface area contributed by atoms with Gasteiger partial charge in [0, 0.05) is 12.3 Å². The van der Waals surface area contributed by atoms with Gasteiger partial charge in [-0.25, -0.2) is 4.79 Å². The Bertz CT molecular complexity index is 1450. The number of aromatic nitrogens is 2. The summed E-state index contributed by atoms with van der Waals surface area (Å²) in [5, 5.41) is 21.6. The van der Waals surface area contributed by atoms with Gasteiger partial charge in [-0.1, -0.05) is 72.8 Å². The lowest BCUT2D eigenvalue weighted by Gasteiger charge is -2.37. The number of aliphatic hydroxyl groups excluding tert-OH is 2. The maximum Gasteiger partial charge on any atom is 0.330 e. The minimum atomic E-state index is -1.42. The number of hydrogen-bond acceptors (Lipinski definition) is 7. The average molecular weight is 517 g/mol.